The molecule has 2 atom stereocenters. The summed E-state index contributed by atoms with van der Waals surface area (Å²) in [5.41, 5.74) is 1.62. The lowest BCUT2D eigenvalue weighted by Crippen LogP contribution is -2.47. The Morgan fingerprint density at radius 3 is 2.60 bits per heavy atom. The van der Waals surface area contributed by atoms with Gasteiger partial charge in [-0.2, -0.15) is 0 Å². The number of carbonyl (C=O) groups is 1. The minimum absolute atomic E-state index is 0.0927. The molecule has 8 heteroatoms. The molecule has 0 aromatic heterocycles. The van der Waals surface area contributed by atoms with E-state index in [2.05, 4.69) is 16.6 Å². The van der Waals surface area contributed by atoms with Crippen molar-refractivity contribution in [2.75, 3.05) is 6.61 Å². The maximum Gasteiger partial charge on any atom is 0.248 e. The van der Waals surface area contributed by atoms with Crippen molar-refractivity contribution in [2.45, 2.75) is 43.5 Å². The van der Waals surface area contributed by atoms with E-state index in [1.165, 1.54) is 12.1 Å². The van der Waals surface area contributed by atoms with Gasteiger partial charge in [0.05, 0.1) is 10.8 Å². The first-order chi connectivity index (χ1) is 12.0. The molecular weight excluding hydrogens is 344 g/mol. The number of nitrogens with one attached hydrogen (secondary N) is 2. The first-order valence-corrected chi connectivity index (χ1v) is 9.55. The van der Waals surface area contributed by atoms with Crippen LogP contribution in [-0.4, -0.2) is 32.2 Å². The fourth-order valence-corrected chi connectivity index (χ4v) is 4.15. The normalized spacial score (nSPS) is 20.2. The molecular formula is C17H22N2O5S. The number of carbonyl (C=O) groups excluding carboxylic acids is 1. The van der Waals surface area contributed by atoms with Crippen LogP contribution in [0.3, 0.4) is 0 Å². The quantitative estimate of drug-likeness (QED) is 0.401. The van der Waals surface area contributed by atoms with E-state index in [0.717, 1.165) is 12.8 Å². The Bertz CT molecular complexity index is 749. The van der Waals surface area contributed by atoms with Gasteiger partial charge in [-0.15, -0.1) is 5.92 Å². The largest absolute Gasteiger partial charge is 0.481 e. The molecule has 1 aromatic carbocycles. The van der Waals surface area contributed by atoms with E-state index in [4.69, 9.17) is 9.94 Å². The summed E-state index contributed by atoms with van der Waals surface area (Å²) >= 11 is 0. The number of rotatable bonds is 6. The summed E-state index contributed by atoms with van der Waals surface area (Å²) in [6.45, 7) is 1.95. The molecule has 0 spiro atoms. The van der Waals surface area contributed by atoms with Gasteiger partial charge in [-0.05, 0) is 44.0 Å². The first-order valence-electron chi connectivity index (χ1n) is 8.06. The highest BCUT2D eigenvalue weighted by atomic mass is 32.2. The third kappa shape index (κ3) is 5.19. The van der Waals surface area contributed by atoms with Crippen molar-refractivity contribution in [3.63, 3.8) is 0 Å². The number of amides is 1. The maximum absolute atomic E-state index is 12.6. The number of benzene rings is 1. The van der Waals surface area contributed by atoms with Crippen molar-refractivity contribution in [2.24, 2.45) is 5.92 Å². The monoisotopic (exact) mass is 366 g/mol. The molecule has 1 aliphatic carbocycles. The van der Waals surface area contributed by atoms with Gasteiger partial charge < -0.3 is 4.74 Å². The molecule has 1 aromatic rings. The molecule has 7 nitrogen and oxygen atoms in total. The number of hydrogen-bond acceptors (Lipinski definition) is 5. The summed E-state index contributed by atoms with van der Waals surface area (Å²) in [4.78, 5) is 11.8. The number of sulfonamides is 1. The van der Waals surface area contributed by atoms with Crippen LogP contribution in [0.4, 0.5) is 0 Å². The van der Waals surface area contributed by atoms with Crippen LogP contribution in [0.5, 0.6) is 5.75 Å². The predicted octanol–water partition coefficient (Wildman–Crippen LogP) is 1.43. The van der Waals surface area contributed by atoms with Crippen LogP contribution in [-0.2, 0) is 14.8 Å². The van der Waals surface area contributed by atoms with Crippen LogP contribution in [0.15, 0.2) is 29.2 Å². The standard InChI is InChI=1S/C17H22N2O5S/c1-2-3-12-24-13-8-10-14(11-9-13)25(22,23)19-16-7-5-4-6-15(16)17(20)18-21/h8-11,15-16,19,21H,4-7,12H2,1H3,(H,18,20)/t15-,16-/m1/s1. The minimum Gasteiger partial charge on any atom is -0.481 e. The van der Waals surface area contributed by atoms with Gasteiger partial charge in [-0.1, -0.05) is 18.8 Å². The van der Waals surface area contributed by atoms with Crippen molar-refractivity contribution >= 4 is 15.9 Å². The first kappa shape index (κ1) is 19.2. The molecule has 1 amide bonds. The van der Waals surface area contributed by atoms with Gasteiger partial charge in [0.2, 0.25) is 15.9 Å². The lowest BCUT2D eigenvalue weighted by molar-refractivity contribution is -0.135. The van der Waals surface area contributed by atoms with E-state index in [1.54, 1.807) is 24.5 Å². The van der Waals surface area contributed by atoms with E-state index >= 15 is 0 Å². The molecule has 2 rings (SSSR count). The molecule has 0 heterocycles. The molecule has 25 heavy (non-hydrogen) atoms. The maximum atomic E-state index is 12.6. The number of hydrogen-bond donors (Lipinski definition) is 3. The fraction of sp³-hybridized carbons (Fsp3) is 0.471. The smallest absolute Gasteiger partial charge is 0.248 e. The fourth-order valence-electron chi connectivity index (χ4n) is 2.84. The second kappa shape index (κ2) is 8.85. The van der Waals surface area contributed by atoms with Crippen molar-refractivity contribution in [3.05, 3.63) is 24.3 Å². The summed E-state index contributed by atoms with van der Waals surface area (Å²) in [7, 11) is -3.77. The van der Waals surface area contributed by atoms with Crippen LogP contribution in [0.1, 0.15) is 32.6 Å². The molecule has 1 saturated carbocycles. The SMILES string of the molecule is CC#CCOc1ccc(S(=O)(=O)N[C@@H]2CCCC[C@H]2C(=O)NO)cc1. The van der Waals surface area contributed by atoms with Gasteiger partial charge in [0.25, 0.3) is 0 Å². The van der Waals surface area contributed by atoms with Gasteiger partial charge in [0.15, 0.2) is 0 Å². The Hall–Kier alpha value is -2.08. The second-order valence-corrected chi connectivity index (χ2v) is 7.50. The number of ether oxygens (including phenoxy) is 1. The second-order valence-electron chi connectivity index (χ2n) is 5.78. The Morgan fingerprint density at radius 1 is 1.28 bits per heavy atom. The van der Waals surface area contributed by atoms with E-state index in [-0.39, 0.29) is 11.5 Å². The van der Waals surface area contributed by atoms with Crippen molar-refractivity contribution in [1.82, 2.24) is 10.2 Å². The van der Waals surface area contributed by atoms with Crippen LogP contribution >= 0.6 is 0 Å². The van der Waals surface area contributed by atoms with Crippen molar-refractivity contribution in [3.8, 4) is 17.6 Å². The van der Waals surface area contributed by atoms with Gasteiger partial charge in [0, 0.05) is 6.04 Å². The van der Waals surface area contributed by atoms with Gasteiger partial charge >= 0.3 is 0 Å². The Kier molecular flexibility index (Phi) is 6.82. The lowest BCUT2D eigenvalue weighted by Gasteiger charge is -2.30. The van der Waals surface area contributed by atoms with Gasteiger partial charge in [-0.3, -0.25) is 10.0 Å². The third-order valence-corrected chi connectivity index (χ3v) is 5.65. The van der Waals surface area contributed by atoms with Crippen molar-refractivity contribution in [1.29, 1.82) is 0 Å². The minimum atomic E-state index is -3.77. The third-order valence-electron chi connectivity index (χ3n) is 4.14. The van der Waals surface area contributed by atoms with E-state index in [1.807, 2.05) is 0 Å². The van der Waals surface area contributed by atoms with Crippen molar-refractivity contribution < 1.29 is 23.2 Å². The lowest BCUT2D eigenvalue weighted by atomic mass is 9.85. The van der Waals surface area contributed by atoms with Crippen LogP contribution in [0.2, 0.25) is 0 Å². The van der Waals surface area contributed by atoms with E-state index in [9.17, 15) is 13.2 Å². The van der Waals surface area contributed by atoms with E-state index < -0.39 is 27.9 Å². The summed E-state index contributed by atoms with van der Waals surface area (Å²) in [6, 6.07) is 5.47. The zero-order chi connectivity index (χ0) is 18.3. The van der Waals surface area contributed by atoms with Gasteiger partial charge in [0.1, 0.15) is 12.4 Å². The molecule has 0 saturated heterocycles. The topological polar surface area (TPSA) is 105 Å². The number of hydroxylamine groups is 1. The molecule has 0 radical (unpaired) electrons. The molecule has 1 aliphatic rings. The summed E-state index contributed by atoms with van der Waals surface area (Å²) in [6.07, 6.45) is 2.73. The summed E-state index contributed by atoms with van der Waals surface area (Å²) in [5, 5.41) is 8.84. The zero-order valence-corrected chi connectivity index (χ0v) is 14.8. The average molecular weight is 366 g/mol. The molecule has 1 fully saturated rings. The average Bonchev–Trinajstić information content (AvgIpc) is 2.62. The predicted molar refractivity (Wildman–Crippen MR) is 91.4 cm³/mol. The van der Waals surface area contributed by atoms with Crippen LogP contribution in [0.25, 0.3) is 0 Å². The Balaban J connectivity index is 2.09. The Morgan fingerprint density at radius 2 is 1.96 bits per heavy atom. The molecule has 0 unspecified atom stereocenters. The summed E-state index contributed by atoms with van der Waals surface area (Å²) in [5.74, 6) is 4.84. The Labute approximate surface area is 147 Å². The van der Waals surface area contributed by atoms with Crippen LogP contribution in [0, 0.1) is 17.8 Å². The van der Waals surface area contributed by atoms with Gasteiger partial charge in [-0.25, -0.2) is 18.6 Å². The molecule has 0 aliphatic heterocycles. The highest BCUT2D eigenvalue weighted by molar-refractivity contribution is 7.89. The highest BCUT2D eigenvalue weighted by Gasteiger charge is 2.34. The van der Waals surface area contributed by atoms with Crippen LogP contribution < -0.4 is 14.9 Å². The highest BCUT2D eigenvalue weighted by Crippen LogP contribution is 2.26. The molecule has 3 N–H and O–H groups in total. The summed E-state index contributed by atoms with van der Waals surface area (Å²) < 4.78 is 33.1. The molecule has 0 bridgehead atoms. The zero-order valence-electron chi connectivity index (χ0n) is 14.0. The van der Waals surface area contributed by atoms with E-state index in [0.29, 0.717) is 18.6 Å². The molecule has 136 valence electrons.